The molecule has 1 aromatic rings. The van der Waals surface area contributed by atoms with Crippen LogP contribution in [0.2, 0.25) is 0 Å². The standard InChI is InChI=1S/C17H21NO2/c1-16(2)14-9-10-17(16,3)15(19)13(14)11-18(20)12-7-5-4-6-8-12/h4-8,11,14,20H,9-10H2,1-3H3/b13-11-/t14-,17-/m1/s1. The van der Waals surface area contributed by atoms with Gasteiger partial charge in [-0.1, -0.05) is 39.0 Å². The Labute approximate surface area is 119 Å². The minimum atomic E-state index is -0.277. The largest absolute Gasteiger partial charge is 0.294 e. The van der Waals surface area contributed by atoms with E-state index in [0.29, 0.717) is 5.69 Å². The Morgan fingerprint density at radius 3 is 2.45 bits per heavy atom. The maximum absolute atomic E-state index is 12.7. The Balaban J connectivity index is 1.96. The highest BCUT2D eigenvalue weighted by Crippen LogP contribution is 2.65. The molecule has 2 atom stereocenters. The molecule has 2 aliphatic rings. The molecule has 2 bridgehead atoms. The zero-order chi connectivity index (χ0) is 14.5. The van der Waals surface area contributed by atoms with E-state index in [0.717, 1.165) is 23.5 Å². The van der Waals surface area contributed by atoms with E-state index in [4.69, 9.17) is 0 Å². The first-order chi connectivity index (χ1) is 9.38. The number of allylic oxidation sites excluding steroid dienone is 1. The highest BCUT2D eigenvalue weighted by Gasteiger charge is 2.64. The van der Waals surface area contributed by atoms with Crippen LogP contribution in [0, 0.1) is 16.7 Å². The number of para-hydroxylation sites is 1. The van der Waals surface area contributed by atoms with Gasteiger partial charge in [0.15, 0.2) is 5.78 Å². The SMILES string of the molecule is CC1(C)[C@@H]2CC[C@]1(C)C(=O)/C2=C\N(O)c1ccccc1. The lowest BCUT2D eigenvalue weighted by Gasteiger charge is -2.31. The number of rotatable bonds is 2. The number of hydrogen-bond donors (Lipinski definition) is 1. The third kappa shape index (κ3) is 1.59. The van der Waals surface area contributed by atoms with Crippen molar-refractivity contribution in [1.29, 1.82) is 0 Å². The quantitative estimate of drug-likeness (QED) is 0.657. The number of benzene rings is 1. The van der Waals surface area contributed by atoms with Gasteiger partial charge in [-0.05, 0) is 36.3 Å². The smallest absolute Gasteiger partial charge is 0.167 e. The molecule has 106 valence electrons. The molecule has 0 saturated heterocycles. The number of carbonyl (C=O) groups excluding carboxylic acids is 1. The molecule has 0 aromatic heterocycles. The third-order valence-corrected chi connectivity index (χ3v) is 5.65. The Morgan fingerprint density at radius 1 is 1.25 bits per heavy atom. The van der Waals surface area contributed by atoms with Crippen LogP contribution in [0.4, 0.5) is 5.69 Å². The summed E-state index contributed by atoms with van der Waals surface area (Å²) in [6.07, 6.45) is 3.61. The van der Waals surface area contributed by atoms with Gasteiger partial charge in [0.25, 0.3) is 0 Å². The molecule has 0 spiro atoms. The van der Waals surface area contributed by atoms with Crippen molar-refractivity contribution in [3.8, 4) is 0 Å². The van der Waals surface area contributed by atoms with Gasteiger partial charge in [-0.25, -0.2) is 5.06 Å². The number of hydrogen-bond acceptors (Lipinski definition) is 3. The Bertz CT molecular complexity index is 576. The summed E-state index contributed by atoms with van der Waals surface area (Å²) in [6.45, 7) is 6.42. The van der Waals surface area contributed by atoms with Crippen LogP contribution in [0.3, 0.4) is 0 Å². The van der Waals surface area contributed by atoms with E-state index in [2.05, 4.69) is 20.8 Å². The fourth-order valence-corrected chi connectivity index (χ4v) is 3.86. The Morgan fingerprint density at radius 2 is 1.90 bits per heavy atom. The van der Waals surface area contributed by atoms with Crippen LogP contribution < -0.4 is 5.06 Å². The second-order valence-electron chi connectivity index (χ2n) is 6.74. The molecular formula is C17H21NO2. The van der Waals surface area contributed by atoms with Crippen molar-refractivity contribution in [2.75, 3.05) is 5.06 Å². The van der Waals surface area contributed by atoms with Gasteiger partial charge < -0.3 is 0 Å². The van der Waals surface area contributed by atoms with Crippen molar-refractivity contribution in [2.45, 2.75) is 33.6 Å². The van der Waals surface area contributed by atoms with Crippen molar-refractivity contribution in [2.24, 2.45) is 16.7 Å². The summed E-state index contributed by atoms with van der Waals surface area (Å²) < 4.78 is 0. The molecule has 0 unspecified atom stereocenters. The van der Waals surface area contributed by atoms with Crippen LogP contribution >= 0.6 is 0 Å². The molecule has 2 fully saturated rings. The van der Waals surface area contributed by atoms with Crippen LogP contribution in [-0.2, 0) is 4.79 Å². The van der Waals surface area contributed by atoms with Gasteiger partial charge in [0.2, 0.25) is 0 Å². The molecule has 3 heteroatoms. The van der Waals surface area contributed by atoms with Crippen LogP contribution in [0.15, 0.2) is 42.1 Å². The predicted octanol–water partition coefficient (Wildman–Crippen LogP) is 3.79. The second kappa shape index (κ2) is 4.19. The number of ketones is 1. The first-order valence-electron chi connectivity index (χ1n) is 7.17. The molecule has 2 saturated carbocycles. The molecule has 2 aliphatic carbocycles. The fourth-order valence-electron chi connectivity index (χ4n) is 3.86. The Hall–Kier alpha value is -1.61. The van der Waals surface area contributed by atoms with E-state index < -0.39 is 0 Å². The number of carbonyl (C=O) groups is 1. The van der Waals surface area contributed by atoms with E-state index in [1.165, 1.54) is 0 Å². The zero-order valence-corrected chi connectivity index (χ0v) is 12.3. The van der Waals surface area contributed by atoms with Crippen molar-refractivity contribution >= 4 is 11.5 Å². The van der Waals surface area contributed by atoms with Crippen LogP contribution in [0.25, 0.3) is 0 Å². The van der Waals surface area contributed by atoms with Gasteiger partial charge in [0.05, 0.1) is 5.69 Å². The molecule has 3 rings (SSSR count). The summed E-state index contributed by atoms with van der Waals surface area (Å²) in [5.74, 6) is 0.451. The first kappa shape index (κ1) is 13.4. The van der Waals surface area contributed by atoms with E-state index in [1.54, 1.807) is 6.20 Å². The maximum atomic E-state index is 12.7. The van der Waals surface area contributed by atoms with Crippen molar-refractivity contribution < 1.29 is 10.0 Å². The van der Waals surface area contributed by atoms with Gasteiger partial charge >= 0.3 is 0 Å². The van der Waals surface area contributed by atoms with Crippen LogP contribution in [0.1, 0.15) is 33.6 Å². The molecule has 20 heavy (non-hydrogen) atoms. The summed E-state index contributed by atoms with van der Waals surface area (Å²) in [4.78, 5) is 12.7. The topological polar surface area (TPSA) is 40.5 Å². The number of fused-ring (bicyclic) bond motifs is 2. The van der Waals surface area contributed by atoms with E-state index >= 15 is 0 Å². The molecule has 1 aromatic carbocycles. The highest BCUT2D eigenvalue weighted by molar-refractivity contribution is 6.04. The lowest BCUT2D eigenvalue weighted by Crippen LogP contribution is -2.32. The molecular weight excluding hydrogens is 250 g/mol. The van der Waals surface area contributed by atoms with Gasteiger partial charge in [0.1, 0.15) is 0 Å². The highest BCUT2D eigenvalue weighted by atomic mass is 16.5. The number of nitrogens with zero attached hydrogens (tertiary/aromatic N) is 1. The van der Waals surface area contributed by atoms with Crippen LogP contribution in [0.5, 0.6) is 0 Å². The Kier molecular flexibility index (Phi) is 2.80. The van der Waals surface area contributed by atoms with E-state index in [-0.39, 0.29) is 22.5 Å². The van der Waals surface area contributed by atoms with Gasteiger partial charge in [-0.2, -0.15) is 0 Å². The fraction of sp³-hybridized carbons (Fsp3) is 0.471. The summed E-state index contributed by atoms with van der Waals surface area (Å²) >= 11 is 0. The first-order valence-corrected chi connectivity index (χ1v) is 7.17. The second-order valence-corrected chi connectivity index (χ2v) is 6.74. The van der Waals surface area contributed by atoms with E-state index in [1.807, 2.05) is 30.3 Å². The molecule has 3 nitrogen and oxygen atoms in total. The molecule has 1 N–H and O–H groups in total. The lowest BCUT2D eigenvalue weighted by atomic mass is 9.70. The number of Topliss-reactive ketones (excluding diaryl/α,β-unsaturated/α-hetero) is 1. The molecule has 0 amide bonds. The van der Waals surface area contributed by atoms with Gasteiger partial charge in [-0.15, -0.1) is 0 Å². The zero-order valence-electron chi connectivity index (χ0n) is 12.3. The average Bonchev–Trinajstić information content (AvgIpc) is 2.74. The monoisotopic (exact) mass is 271 g/mol. The summed E-state index contributed by atoms with van der Waals surface area (Å²) in [6, 6.07) is 9.27. The van der Waals surface area contributed by atoms with Crippen LogP contribution in [-0.4, -0.2) is 11.0 Å². The average molecular weight is 271 g/mol. The van der Waals surface area contributed by atoms with Crippen molar-refractivity contribution in [3.05, 3.63) is 42.1 Å². The van der Waals surface area contributed by atoms with E-state index in [9.17, 15) is 10.0 Å². The minimum absolute atomic E-state index is 0.0204. The summed E-state index contributed by atoms with van der Waals surface area (Å²) in [5.41, 5.74) is 1.16. The predicted molar refractivity (Wildman–Crippen MR) is 78.4 cm³/mol. The third-order valence-electron chi connectivity index (χ3n) is 5.65. The minimum Gasteiger partial charge on any atom is -0.294 e. The lowest BCUT2D eigenvalue weighted by molar-refractivity contribution is -0.125. The molecule has 0 aliphatic heterocycles. The van der Waals surface area contributed by atoms with Crippen molar-refractivity contribution in [1.82, 2.24) is 0 Å². The van der Waals surface area contributed by atoms with Gasteiger partial charge in [0, 0.05) is 17.2 Å². The van der Waals surface area contributed by atoms with Gasteiger partial charge in [-0.3, -0.25) is 10.0 Å². The van der Waals surface area contributed by atoms with Crippen molar-refractivity contribution in [3.63, 3.8) is 0 Å². The molecule has 0 radical (unpaired) electrons. The maximum Gasteiger partial charge on any atom is 0.167 e. The molecule has 0 heterocycles. The normalized spacial score (nSPS) is 32.9. The number of hydroxylamine groups is 1. The number of anilines is 1. The summed E-state index contributed by atoms with van der Waals surface area (Å²) in [5, 5.41) is 11.3. The summed E-state index contributed by atoms with van der Waals surface area (Å²) in [7, 11) is 0.